The van der Waals surface area contributed by atoms with Gasteiger partial charge < -0.3 is 0 Å². The molecule has 0 aliphatic heterocycles. The average Bonchev–Trinajstić information content (AvgIpc) is 2.86. The lowest BCUT2D eigenvalue weighted by Gasteiger charge is -2.04. The third-order valence-electron chi connectivity index (χ3n) is 2.87. The molecule has 0 aliphatic rings. The van der Waals surface area contributed by atoms with E-state index in [-0.39, 0.29) is 0 Å². The monoisotopic (exact) mass is 296 g/mol. The van der Waals surface area contributed by atoms with Gasteiger partial charge in [0, 0.05) is 10.3 Å². The van der Waals surface area contributed by atoms with Crippen LogP contribution in [0.3, 0.4) is 0 Å². The van der Waals surface area contributed by atoms with Crippen LogP contribution in [0.2, 0.25) is 0 Å². The fourth-order valence-electron chi connectivity index (χ4n) is 1.81. The highest BCUT2D eigenvalue weighted by Gasteiger charge is 2.11. The molecule has 0 saturated heterocycles. The molecule has 3 N–H and O–H groups in total. The summed E-state index contributed by atoms with van der Waals surface area (Å²) in [5.41, 5.74) is 2.56. The number of nitrogens with zero attached hydrogens (tertiary/aromatic N) is 2. The van der Waals surface area contributed by atoms with Crippen LogP contribution in [-0.4, -0.2) is 15.7 Å². The Hall–Kier alpha value is -0.850. The molecule has 4 nitrogen and oxygen atoms in total. The zero-order valence-corrected chi connectivity index (χ0v) is 13.0. The molecule has 104 valence electrons. The van der Waals surface area contributed by atoms with Gasteiger partial charge in [-0.2, -0.15) is 0 Å². The van der Waals surface area contributed by atoms with E-state index in [9.17, 15) is 0 Å². The van der Waals surface area contributed by atoms with Crippen molar-refractivity contribution in [2.75, 3.05) is 11.2 Å². The highest BCUT2D eigenvalue weighted by Crippen LogP contribution is 2.32. The molecule has 2 heterocycles. The van der Waals surface area contributed by atoms with Gasteiger partial charge in [-0.3, -0.25) is 5.43 Å². The minimum absolute atomic E-state index is 0.509. The average molecular weight is 296 g/mol. The Labute approximate surface area is 122 Å². The fourth-order valence-corrected chi connectivity index (χ4v) is 3.85. The summed E-state index contributed by atoms with van der Waals surface area (Å²) in [4.78, 5) is 11.3. The largest absolute Gasteiger partial charge is 0.292 e. The molecule has 0 unspecified atom stereocenters. The fraction of sp³-hybridized carbons (Fsp3) is 0.538. The third-order valence-corrected chi connectivity index (χ3v) is 5.12. The van der Waals surface area contributed by atoms with E-state index in [1.807, 2.05) is 0 Å². The minimum atomic E-state index is 0.509. The number of nitrogen functional groups attached to an aromatic ring is 1. The summed E-state index contributed by atoms with van der Waals surface area (Å²) in [7, 11) is 0. The standard InChI is InChI=1S/C13H20N4S2/c1-3-5-6-7-18-11-10-8-9(4-2)19-12(10)16-13(15-11)17-14/h8H,3-7,14H2,1-2H3,(H,15,16,17). The van der Waals surface area contributed by atoms with Crippen LogP contribution in [-0.2, 0) is 6.42 Å². The number of nitrogens with two attached hydrogens (primary N) is 1. The van der Waals surface area contributed by atoms with Crippen LogP contribution in [0.4, 0.5) is 5.95 Å². The van der Waals surface area contributed by atoms with E-state index >= 15 is 0 Å². The van der Waals surface area contributed by atoms with E-state index in [1.54, 1.807) is 23.1 Å². The molecular weight excluding hydrogens is 276 g/mol. The number of aryl methyl sites for hydroxylation is 1. The van der Waals surface area contributed by atoms with Gasteiger partial charge >= 0.3 is 0 Å². The summed E-state index contributed by atoms with van der Waals surface area (Å²) in [6.45, 7) is 4.38. The molecule has 0 spiro atoms. The highest BCUT2D eigenvalue weighted by molar-refractivity contribution is 7.99. The van der Waals surface area contributed by atoms with Gasteiger partial charge in [-0.25, -0.2) is 15.8 Å². The molecule has 0 amide bonds. The first-order chi connectivity index (χ1) is 9.28. The van der Waals surface area contributed by atoms with Crippen molar-refractivity contribution in [2.45, 2.75) is 44.6 Å². The number of unbranched alkanes of at least 4 members (excludes halogenated alkanes) is 2. The summed E-state index contributed by atoms with van der Waals surface area (Å²) in [5.74, 6) is 7.05. The SMILES string of the molecule is CCCCCSc1nc(NN)nc2sc(CC)cc12. The van der Waals surface area contributed by atoms with Crippen molar-refractivity contribution in [3.8, 4) is 0 Å². The topological polar surface area (TPSA) is 63.8 Å². The van der Waals surface area contributed by atoms with Gasteiger partial charge in [0.25, 0.3) is 0 Å². The zero-order chi connectivity index (χ0) is 13.7. The van der Waals surface area contributed by atoms with Crippen molar-refractivity contribution in [2.24, 2.45) is 5.84 Å². The molecule has 0 fully saturated rings. The lowest BCUT2D eigenvalue weighted by atomic mass is 10.3. The number of fused-ring (bicyclic) bond motifs is 1. The van der Waals surface area contributed by atoms with Gasteiger partial charge in [-0.1, -0.05) is 26.7 Å². The highest BCUT2D eigenvalue weighted by atomic mass is 32.2. The van der Waals surface area contributed by atoms with Crippen LogP contribution in [0.1, 0.15) is 38.0 Å². The predicted molar refractivity (Wildman–Crippen MR) is 84.9 cm³/mol. The smallest absolute Gasteiger partial charge is 0.239 e. The molecule has 2 rings (SSSR count). The lowest BCUT2D eigenvalue weighted by molar-refractivity contribution is 0.778. The molecule has 0 bridgehead atoms. The van der Waals surface area contributed by atoms with Gasteiger partial charge in [0.15, 0.2) is 0 Å². The Morgan fingerprint density at radius 1 is 1.32 bits per heavy atom. The summed E-state index contributed by atoms with van der Waals surface area (Å²) in [6, 6.07) is 2.21. The molecule has 6 heteroatoms. The van der Waals surface area contributed by atoms with Crippen LogP contribution in [0.25, 0.3) is 10.2 Å². The quantitative estimate of drug-likeness (QED) is 0.267. The summed E-state index contributed by atoms with van der Waals surface area (Å²) < 4.78 is 0. The maximum absolute atomic E-state index is 5.45. The zero-order valence-electron chi connectivity index (χ0n) is 11.4. The minimum Gasteiger partial charge on any atom is -0.292 e. The maximum Gasteiger partial charge on any atom is 0.239 e. The van der Waals surface area contributed by atoms with Gasteiger partial charge in [0.05, 0.1) is 0 Å². The molecule has 19 heavy (non-hydrogen) atoms. The Bertz CT molecular complexity index is 539. The van der Waals surface area contributed by atoms with Gasteiger partial charge in [0.1, 0.15) is 9.86 Å². The summed E-state index contributed by atoms with van der Waals surface area (Å²) in [6.07, 6.45) is 4.77. The third kappa shape index (κ3) is 3.58. The van der Waals surface area contributed by atoms with Crippen LogP contribution in [0.15, 0.2) is 11.1 Å². The van der Waals surface area contributed by atoms with Crippen molar-refractivity contribution in [1.29, 1.82) is 0 Å². The van der Waals surface area contributed by atoms with E-state index in [1.165, 1.54) is 29.5 Å². The van der Waals surface area contributed by atoms with E-state index in [0.29, 0.717) is 5.95 Å². The number of thiophene rings is 1. The first-order valence-electron chi connectivity index (χ1n) is 6.68. The van der Waals surface area contributed by atoms with Crippen LogP contribution in [0, 0.1) is 0 Å². The van der Waals surface area contributed by atoms with Crippen molar-refractivity contribution >= 4 is 39.3 Å². The first kappa shape index (κ1) is 14.6. The number of hydrogen-bond donors (Lipinski definition) is 2. The molecule has 0 atom stereocenters. The maximum atomic E-state index is 5.45. The Balaban J connectivity index is 2.25. The van der Waals surface area contributed by atoms with Crippen molar-refractivity contribution in [1.82, 2.24) is 9.97 Å². The van der Waals surface area contributed by atoms with Crippen LogP contribution >= 0.6 is 23.1 Å². The molecule has 0 saturated carbocycles. The van der Waals surface area contributed by atoms with Crippen molar-refractivity contribution in [3.05, 3.63) is 10.9 Å². The Kier molecular flexibility index (Phi) is 5.42. The Morgan fingerprint density at radius 3 is 2.84 bits per heavy atom. The van der Waals surface area contributed by atoms with E-state index in [0.717, 1.165) is 22.0 Å². The molecule has 0 aromatic carbocycles. The van der Waals surface area contributed by atoms with Gasteiger partial charge in [0.2, 0.25) is 5.95 Å². The molecule has 2 aromatic rings. The number of nitrogens with one attached hydrogen (secondary N) is 1. The number of thioether (sulfide) groups is 1. The number of aromatic nitrogens is 2. The van der Waals surface area contributed by atoms with Crippen molar-refractivity contribution < 1.29 is 0 Å². The van der Waals surface area contributed by atoms with Crippen LogP contribution < -0.4 is 11.3 Å². The second-order valence-corrected chi connectivity index (χ2v) is 6.54. The second kappa shape index (κ2) is 7.07. The van der Waals surface area contributed by atoms with Crippen LogP contribution in [0.5, 0.6) is 0 Å². The first-order valence-corrected chi connectivity index (χ1v) is 8.48. The summed E-state index contributed by atoms with van der Waals surface area (Å²) >= 11 is 3.53. The molecule has 2 aromatic heterocycles. The number of rotatable bonds is 7. The van der Waals surface area contributed by atoms with E-state index < -0.39 is 0 Å². The normalized spacial score (nSPS) is 11.1. The number of anilines is 1. The van der Waals surface area contributed by atoms with E-state index in [4.69, 9.17) is 5.84 Å². The van der Waals surface area contributed by atoms with Gasteiger partial charge in [-0.15, -0.1) is 23.1 Å². The predicted octanol–water partition coefficient (Wildman–Crippen LogP) is 3.82. The van der Waals surface area contributed by atoms with Gasteiger partial charge in [-0.05, 0) is 24.7 Å². The second-order valence-electron chi connectivity index (χ2n) is 4.34. The molecule has 0 radical (unpaired) electrons. The molecule has 0 aliphatic carbocycles. The number of hydrazine groups is 1. The Morgan fingerprint density at radius 2 is 2.16 bits per heavy atom. The molecular formula is C13H20N4S2. The van der Waals surface area contributed by atoms with Crippen molar-refractivity contribution in [3.63, 3.8) is 0 Å². The lowest BCUT2D eigenvalue weighted by Crippen LogP contribution is -2.10. The summed E-state index contributed by atoms with van der Waals surface area (Å²) in [5, 5.41) is 2.22. The van der Waals surface area contributed by atoms with E-state index in [2.05, 4.69) is 35.3 Å². The number of hydrogen-bond acceptors (Lipinski definition) is 6.